The summed E-state index contributed by atoms with van der Waals surface area (Å²) in [5.41, 5.74) is 7.44. The molecule has 0 spiro atoms. The molecule has 1 aliphatic carbocycles. The third kappa shape index (κ3) is 5.46. The van der Waals surface area contributed by atoms with Gasteiger partial charge in [0.1, 0.15) is 11.8 Å². The quantitative estimate of drug-likeness (QED) is 0.286. The second-order valence-electron chi connectivity index (χ2n) is 7.05. The van der Waals surface area contributed by atoms with E-state index in [1.807, 2.05) is 39.1 Å². The minimum Gasteiger partial charge on any atom is -0.348 e. The predicted molar refractivity (Wildman–Crippen MR) is 131 cm³/mol. The van der Waals surface area contributed by atoms with Crippen molar-refractivity contribution in [1.29, 1.82) is 5.26 Å². The summed E-state index contributed by atoms with van der Waals surface area (Å²) in [5, 5.41) is 9.57. The Kier molecular flexibility index (Phi) is 8.72. The number of nitrogens with zero attached hydrogens (tertiary/aromatic N) is 4. The topological polar surface area (TPSA) is 52.3 Å². The largest absolute Gasteiger partial charge is 0.348 e. The Morgan fingerprint density at radius 2 is 2.06 bits per heavy atom. The molecular weight excluding hydrogens is 380 g/mol. The van der Waals surface area contributed by atoms with E-state index in [1.54, 1.807) is 12.2 Å². The molecule has 1 aromatic rings. The van der Waals surface area contributed by atoms with E-state index in [9.17, 15) is 5.26 Å². The van der Waals surface area contributed by atoms with Crippen molar-refractivity contribution in [1.82, 2.24) is 9.88 Å². The molecule has 0 amide bonds. The average molecular weight is 411 g/mol. The van der Waals surface area contributed by atoms with Crippen LogP contribution in [0.4, 0.5) is 0 Å². The number of allylic oxidation sites excluding steroid dienone is 11. The summed E-state index contributed by atoms with van der Waals surface area (Å²) in [6, 6.07) is 6.27. The van der Waals surface area contributed by atoms with Crippen molar-refractivity contribution >= 4 is 11.8 Å². The highest BCUT2D eigenvalue weighted by Crippen LogP contribution is 2.35. The van der Waals surface area contributed by atoms with Crippen LogP contribution in [0.2, 0.25) is 0 Å². The first-order valence-corrected chi connectivity index (χ1v) is 10.3. The maximum Gasteiger partial charge on any atom is 0.143 e. The maximum atomic E-state index is 9.57. The molecule has 4 heteroatoms. The molecule has 0 aliphatic heterocycles. The number of fused-ring (bicyclic) bond motifs is 1. The lowest BCUT2D eigenvalue weighted by Gasteiger charge is -2.30. The van der Waals surface area contributed by atoms with Crippen LogP contribution in [0.1, 0.15) is 38.4 Å². The number of aromatic nitrogens is 1. The summed E-state index contributed by atoms with van der Waals surface area (Å²) in [4.78, 5) is 11.1. The molecule has 2 rings (SSSR count). The lowest BCUT2D eigenvalue weighted by molar-refractivity contribution is 0.506. The van der Waals surface area contributed by atoms with E-state index in [2.05, 4.69) is 60.5 Å². The van der Waals surface area contributed by atoms with Crippen LogP contribution < -0.4 is 0 Å². The van der Waals surface area contributed by atoms with Gasteiger partial charge >= 0.3 is 0 Å². The molecule has 0 unspecified atom stereocenters. The minimum absolute atomic E-state index is 0.335. The summed E-state index contributed by atoms with van der Waals surface area (Å²) < 4.78 is 0. The molecule has 1 aliphatic rings. The molecule has 0 radical (unpaired) electrons. The predicted octanol–water partition coefficient (Wildman–Crippen LogP) is 6.32. The molecule has 0 aromatic carbocycles. The standard InChI is InChI=1S/C27H30N4/c1-7-12-23(10-4)31(6)26-15-14-22-13-11-17-30-27(22)24(26)18-21(9-3)20(5)25(19-28)29-16-8-2/h7-13,16-18H,2-3,14-15H2,1,4-6H3/b12-7-,21-18+,23-10+,25-20+,29-16-. The molecule has 0 atom stereocenters. The number of hydrogen-bond donors (Lipinski definition) is 0. The van der Waals surface area contributed by atoms with Gasteiger partial charge in [0.15, 0.2) is 0 Å². The third-order valence-corrected chi connectivity index (χ3v) is 5.24. The summed E-state index contributed by atoms with van der Waals surface area (Å²) in [5.74, 6) is 0. The Labute approximate surface area is 186 Å². The van der Waals surface area contributed by atoms with Gasteiger partial charge in [-0.05, 0) is 68.5 Å². The average Bonchev–Trinajstić information content (AvgIpc) is 2.80. The molecule has 31 heavy (non-hydrogen) atoms. The van der Waals surface area contributed by atoms with Gasteiger partial charge in [-0.1, -0.05) is 43.5 Å². The van der Waals surface area contributed by atoms with Crippen molar-refractivity contribution in [3.8, 4) is 6.07 Å². The van der Waals surface area contributed by atoms with E-state index in [-0.39, 0.29) is 0 Å². The van der Waals surface area contributed by atoms with Gasteiger partial charge in [-0.3, -0.25) is 4.98 Å². The monoisotopic (exact) mass is 410 g/mol. The van der Waals surface area contributed by atoms with Gasteiger partial charge in [-0.25, -0.2) is 4.99 Å². The molecule has 158 valence electrons. The van der Waals surface area contributed by atoms with Crippen molar-refractivity contribution in [2.24, 2.45) is 4.99 Å². The molecule has 0 fully saturated rings. The number of pyridine rings is 1. The molecule has 0 bridgehead atoms. The van der Waals surface area contributed by atoms with Crippen molar-refractivity contribution < 1.29 is 0 Å². The van der Waals surface area contributed by atoms with Crippen molar-refractivity contribution in [3.63, 3.8) is 0 Å². The van der Waals surface area contributed by atoms with Gasteiger partial charge in [0.05, 0.1) is 5.69 Å². The summed E-state index contributed by atoms with van der Waals surface area (Å²) in [7, 11) is 2.08. The number of aryl methyl sites for hydroxylation is 1. The van der Waals surface area contributed by atoms with E-state index in [4.69, 9.17) is 4.98 Å². The summed E-state index contributed by atoms with van der Waals surface area (Å²) in [6.45, 7) is 13.6. The summed E-state index contributed by atoms with van der Waals surface area (Å²) in [6.07, 6.45) is 16.8. The second-order valence-corrected chi connectivity index (χ2v) is 7.05. The molecule has 4 nitrogen and oxygen atoms in total. The van der Waals surface area contributed by atoms with Gasteiger partial charge in [-0.15, -0.1) is 0 Å². The maximum absolute atomic E-state index is 9.57. The molecule has 1 aromatic heterocycles. The SMILES string of the molecule is C=C\C=N/C(C#N)=C(C)/C(C=C)=C/C1=C(N(C)C(/C=C\C)=C/C)CCc2cccnc21. The zero-order valence-corrected chi connectivity index (χ0v) is 18.9. The highest BCUT2D eigenvalue weighted by molar-refractivity contribution is 5.80. The number of hydrogen-bond acceptors (Lipinski definition) is 4. The smallest absolute Gasteiger partial charge is 0.143 e. The first kappa shape index (κ1) is 23.6. The van der Waals surface area contributed by atoms with Gasteiger partial charge in [-0.2, -0.15) is 5.26 Å². The number of nitriles is 1. The molecule has 1 heterocycles. The van der Waals surface area contributed by atoms with Crippen LogP contribution in [0.15, 0.2) is 101 Å². The minimum atomic E-state index is 0.335. The van der Waals surface area contributed by atoms with Crippen LogP contribution >= 0.6 is 0 Å². The Balaban J connectivity index is 2.77. The Morgan fingerprint density at radius 3 is 2.68 bits per heavy atom. The Hall–Kier alpha value is -3.71. The zero-order chi connectivity index (χ0) is 22.8. The number of likely N-dealkylation sites (N-methyl/N-ethyl adjacent to an activating group) is 1. The van der Waals surface area contributed by atoms with Crippen LogP contribution in [0.5, 0.6) is 0 Å². The highest BCUT2D eigenvalue weighted by atomic mass is 15.1. The highest BCUT2D eigenvalue weighted by Gasteiger charge is 2.22. The summed E-state index contributed by atoms with van der Waals surface area (Å²) >= 11 is 0. The fourth-order valence-corrected chi connectivity index (χ4v) is 3.58. The van der Waals surface area contributed by atoms with Crippen LogP contribution in [0.3, 0.4) is 0 Å². The number of aliphatic imine (C=N–C) groups is 1. The van der Waals surface area contributed by atoms with E-state index in [1.165, 1.54) is 17.5 Å². The lowest BCUT2D eigenvalue weighted by atomic mass is 9.89. The van der Waals surface area contributed by atoms with Crippen molar-refractivity contribution in [2.45, 2.75) is 33.6 Å². The molecule has 0 saturated heterocycles. The fourth-order valence-electron chi connectivity index (χ4n) is 3.58. The Morgan fingerprint density at radius 1 is 1.29 bits per heavy atom. The Bertz CT molecular complexity index is 1070. The lowest BCUT2D eigenvalue weighted by Crippen LogP contribution is -2.21. The first-order chi connectivity index (χ1) is 15.0. The van der Waals surface area contributed by atoms with Gasteiger partial charge in [0.2, 0.25) is 0 Å². The third-order valence-electron chi connectivity index (χ3n) is 5.24. The van der Waals surface area contributed by atoms with E-state index >= 15 is 0 Å². The van der Waals surface area contributed by atoms with Crippen molar-refractivity contribution in [2.75, 3.05) is 7.05 Å². The molecular formula is C27H30N4. The van der Waals surface area contributed by atoms with Crippen LogP contribution in [-0.2, 0) is 6.42 Å². The normalized spacial score (nSPS) is 15.6. The van der Waals surface area contributed by atoms with Crippen molar-refractivity contribution in [3.05, 3.63) is 107 Å². The van der Waals surface area contributed by atoms with Crippen LogP contribution in [0, 0.1) is 11.3 Å². The van der Waals surface area contributed by atoms with Gasteiger partial charge in [0.25, 0.3) is 0 Å². The van der Waals surface area contributed by atoms with Crippen LogP contribution in [0.25, 0.3) is 5.57 Å². The van der Waals surface area contributed by atoms with E-state index in [0.29, 0.717) is 5.70 Å². The molecule has 0 N–H and O–H groups in total. The van der Waals surface area contributed by atoms with E-state index in [0.717, 1.165) is 41.0 Å². The van der Waals surface area contributed by atoms with Gasteiger partial charge < -0.3 is 4.90 Å². The van der Waals surface area contributed by atoms with E-state index < -0.39 is 0 Å². The van der Waals surface area contributed by atoms with Gasteiger partial charge in [0, 0.05) is 36.4 Å². The first-order valence-electron chi connectivity index (χ1n) is 10.3. The number of rotatable bonds is 8. The zero-order valence-electron chi connectivity index (χ0n) is 18.9. The van der Waals surface area contributed by atoms with Crippen LogP contribution in [-0.4, -0.2) is 23.1 Å². The molecule has 0 saturated carbocycles. The second kappa shape index (κ2) is 11.5. The fraction of sp³-hybridized carbons (Fsp3) is 0.222.